The number of rotatable bonds is 7. The summed E-state index contributed by atoms with van der Waals surface area (Å²) in [5, 5.41) is 15.5. The Labute approximate surface area is 130 Å². The lowest BCUT2D eigenvalue weighted by atomic mass is 10.0. The van der Waals surface area contributed by atoms with Gasteiger partial charge in [-0.25, -0.2) is 4.79 Å². The van der Waals surface area contributed by atoms with Gasteiger partial charge in [0.25, 0.3) is 0 Å². The number of benzene rings is 1. The van der Waals surface area contributed by atoms with Gasteiger partial charge in [-0.15, -0.1) is 0 Å². The highest BCUT2D eigenvalue weighted by Crippen LogP contribution is 2.41. The van der Waals surface area contributed by atoms with E-state index in [4.69, 9.17) is 16.7 Å². The van der Waals surface area contributed by atoms with E-state index >= 15 is 0 Å². The predicted octanol–water partition coefficient (Wildman–Crippen LogP) is 3.11. The van der Waals surface area contributed by atoms with Crippen LogP contribution in [0.4, 0.5) is 4.79 Å². The maximum absolute atomic E-state index is 12.0. The number of hydrogen-bond acceptors (Lipinski definition) is 2. The van der Waals surface area contributed by atoms with Crippen molar-refractivity contribution < 1.29 is 9.90 Å². The number of carbonyl (C=O) groups excluding carboxylic acids is 1. The number of aliphatic hydroxyl groups is 1. The lowest BCUT2D eigenvalue weighted by Crippen LogP contribution is -2.40. The van der Waals surface area contributed by atoms with Crippen LogP contribution in [0.15, 0.2) is 24.3 Å². The monoisotopic (exact) mass is 310 g/mol. The highest BCUT2D eigenvalue weighted by molar-refractivity contribution is 6.30. The first kappa shape index (κ1) is 16.1. The summed E-state index contributed by atoms with van der Waals surface area (Å²) in [5.41, 5.74) is 1.10. The summed E-state index contributed by atoms with van der Waals surface area (Å²) in [6.45, 7) is 2.73. The van der Waals surface area contributed by atoms with Crippen LogP contribution in [0.5, 0.6) is 0 Å². The van der Waals surface area contributed by atoms with Gasteiger partial charge in [-0.2, -0.15) is 0 Å². The second-order valence-electron chi connectivity index (χ2n) is 5.84. The number of aliphatic hydroxyl groups excluding tert-OH is 1. The summed E-state index contributed by atoms with van der Waals surface area (Å²) in [5.74, 6) is 0.794. The van der Waals surface area contributed by atoms with Crippen molar-refractivity contribution in [1.82, 2.24) is 10.6 Å². The minimum atomic E-state index is -0.147. The molecule has 0 heterocycles. The van der Waals surface area contributed by atoms with Crippen LogP contribution in [-0.2, 0) is 0 Å². The molecule has 0 spiro atoms. The van der Waals surface area contributed by atoms with Gasteiger partial charge >= 0.3 is 6.03 Å². The Kier molecular flexibility index (Phi) is 5.88. The quantitative estimate of drug-likeness (QED) is 0.724. The van der Waals surface area contributed by atoms with E-state index in [2.05, 4.69) is 10.6 Å². The lowest BCUT2D eigenvalue weighted by Gasteiger charge is -2.20. The molecule has 2 rings (SSSR count). The second kappa shape index (κ2) is 7.66. The molecule has 1 saturated carbocycles. The first-order valence-electron chi connectivity index (χ1n) is 7.51. The topological polar surface area (TPSA) is 61.4 Å². The van der Waals surface area contributed by atoms with Crippen LogP contribution < -0.4 is 10.6 Å². The molecule has 0 aromatic heterocycles. The Morgan fingerprint density at radius 2 is 2.05 bits per heavy atom. The second-order valence-corrected chi connectivity index (χ2v) is 6.27. The molecular weight excluding hydrogens is 288 g/mol. The van der Waals surface area contributed by atoms with Crippen LogP contribution >= 0.6 is 11.6 Å². The van der Waals surface area contributed by atoms with Crippen molar-refractivity contribution in [3.05, 3.63) is 34.9 Å². The Balaban J connectivity index is 1.88. The van der Waals surface area contributed by atoms with Gasteiger partial charge in [-0.1, -0.05) is 30.7 Å². The van der Waals surface area contributed by atoms with Crippen LogP contribution in [0, 0.1) is 11.8 Å². The zero-order valence-electron chi connectivity index (χ0n) is 12.3. The molecule has 0 bridgehead atoms. The van der Waals surface area contributed by atoms with Gasteiger partial charge in [0.15, 0.2) is 0 Å². The third-order valence-electron chi connectivity index (χ3n) is 3.84. The number of carbonyl (C=O) groups is 1. The molecule has 0 radical (unpaired) electrons. The van der Waals surface area contributed by atoms with E-state index in [9.17, 15) is 4.79 Å². The summed E-state index contributed by atoms with van der Waals surface area (Å²) in [6.07, 6.45) is 2.99. The van der Waals surface area contributed by atoms with E-state index < -0.39 is 0 Å². The average Bonchev–Trinajstić information content (AvgIpc) is 3.29. The number of urea groups is 1. The number of hydrogen-bond donors (Lipinski definition) is 3. The summed E-state index contributed by atoms with van der Waals surface area (Å²) in [6, 6.07) is 7.56. The highest BCUT2D eigenvalue weighted by Gasteiger charge is 2.33. The molecule has 116 valence electrons. The summed E-state index contributed by atoms with van der Waals surface area (Å²) in [7, 11) is 0. The molecule has 1 aromatic carbocycles. The molecule has 2 amide bonds. The van der Waals surface area contributed by atoms with E-state index in [-0.39, 0.29) is 24.6 Å². The molecule has 0 saturated heterocycles. The van der Waals surface area contributed by atoms with Crippen LogP contribution in [0.1, 0.15) is 37.8 Å². The summed E-state index contributed by atoms with van der Waals surface area (Å²) in [4.78, 5) is 12.0. The van der Waals surface area contributed by atoms with Crippen molar-refractivity contribution >= 4 is 17.6 Å². The van der Waals surface area contributed by atoms with Crippen molar-refractivity contribution in [3.8, 4) is 0 Å². The molecule has 1 aliphatic rings. The molecule has 1 fully saturated rings. The zero-order chi connectivity index (χ0) is 15.2. The van der Waals surface area contributed by atoms with Gasteiger partial charge in [0.2, 0.25) is 0 Å². The van der Waals surface area contributed by atoms with Crippen molar-refractivity contribution in [2.75, 3.05) is 13.2 Å². The lowest BCUT2D eigenvalue weighted by molar-refractivity contribution is 0.229. The zero-order valence-corrected chi connectivity index (χ0v) is 13.1. The third-order valence-corrected chi connectivity index (χ3v) is 4.09. The summed E-state index contributed by atoms with van der Waals surface area (Å²) < 4.78 is 0. The van der Waals surface area contributed by atoms with E-state index in [1.54, 1.807) is 0 Å². The average molecular weight is 311 g/mol. The van der Waals surface area contributed by atoms with Gasteiger partial charge in [0.05, 0.1) is 6.04 Å². The Bertz CT molecular complexity index is 460. The van der Waals surface area contributed by atoms with E-state index in [0.717, 1.165) is 18.4 Å². The van der Waals surface area contributed by atoms with Gasteiger partial charge in [0, 0.05) is 18.2 Å². The standard InChI is InChI=1S/C16H23ClN2O2/c1-11(8-9-20)10-18-16(21)19-15(12-2-3-12)13-4-6-14(17)7-5-13/h4-7,11-12,15,20H,2-3,8-10H2,1H3,(H2,18,19,21). The van der Waals surface area contributed by atoms with Crippen LogP contribution in [0.3, 0.4) is 0 Å². The minimum Gasteiger partial charge on any atom is -0.396 e. The van der Waals surface area contributed by atoms with Gasteiger partial charge in [-0.3, -0.25) is 0 Å². The molecule has 5 heteroatoms. The number of amides is 2. The molecular formula is C16H23ClN2O2. The van der Waals surface area contributed by atoms with Gasteiger partial charge in [-0.05, 0) is 48.8 Å². The van der Waals surface area contributed by atoms with Crippen molar-refractivity contribution in [2.45, 2.75) is 32.2 Å². The van der Waals surface area contributed by atoms with Crippen LogP contribution in [-0.4, -0.2) is 24.3 Å². The van der Waals surface area contributed by atoms with Crippen molar-refractivity contribution in [2.24, 2.45) is 11.8 Å². The first-order chi connectivity index (χ1) is 10.1. The maximum Gasteiger partial charge on any atom is 0.315 e. The molecule has 21 heavy (non-hydrogen) atoms. The largest absolute Gasteiger partial charge is 0.396 e. The van der Waals surface area contributed by atoms with Crippen molar-refractivity contribution in [3.63, 3.8) is 0 Å². The fourth-order valence-corrected chi connectivity index (χ4v) is 2.48. The summed E-state index contributed by atoms with van der Waals surface area (Å²) >= 11 is 5.91. The molecule has 2 atom stereocenters. The van der Waals surface area contributed by atoms with E-state index in [1.807, 2.05) is 31.2 Å². The fraction of sp³-hybridized carbons (Fsp3) is 0.562. The first-order valence-corrected chi connectivity index (χ1v) is 7.88. The van der Waals surface area contributed by atoms with Crippen LogP contribution in [0.25, 0.3) is 0 Å². The molecule has 3 N–H and O–H groups in total. The highest BCUT2D eigenvalue weighted by atomic mass is 35.5. The molecule has 4 nitrogen and oxygen atoms in total. The Morgan fingerprint density at radius 3 is 2.62 bits per heavy atom. The number of nitrogens with one attached hydrogen (secondary N) is 2. The molecule has 1 aromatic rings. The smallest absolute Gasteiger partial charge is 0.315 e. The Hall–Kier alpha value is -1.26. The maximum atomic E-state index is 12.0. The van der Waals surface area contributed by atoms with Crippen molar-refractivity contribution in [1.29, 1.82) is 0 Å². The van der Waals surface area contributed by atoms with Crippen LogP contribution in [0.2, 0.25) is 5.02 Å². The molecule has 1 aliphatic carbocycles. The normalized spacial score (nSPS) is 17.1. The fourth-order valence-electron chi connectivity index (χ4n) is 2.35. The molecule has 2 unspecified atom stereocenters. The van der Waals surface area contributed by atoms with E-state index in [0.29, 0.717) is 23.9 Å². The SMILES string of the molecule is CC(CCO)CNC(=O)NC(c1ccc(Cl)cc1)C1CC1. The number of halogens is 1. The van der Waals surface area contributed by atoms with Gasteiger partial charge < -0.3 is 15.7 Å². The predicted molar refractivity (Wildman–Crippen MR) is 84.3 cm³/mol. The van der Waals surface area contributed by atoms with E-state index in [1.165, 1.54) is 0 Å². The molecule has 0 aliphatic heterocycles. The van der Waals surface area contributed by atoms with Gasteiger partial charge in [0.1, 0.15) is 0 Å². The Morgan fingerprint density at radius 1 is 1.38 bits per heavy atom. The third kappa shape index (κ3) is 5.21. The minimum absolute atomic E-state index is 0.0513.